The third-order valence-electron chi connectivity index (χ3n) is 12.3. The predicted octanol–water partition coefficient (Wildman–Crippen LogP) is 8.47. The van der Waals surface area contributed by atoms with Crippen LogP contribution in [0.1, 0.15) is 85.4 Å². The van der Waals surface area contributed by atoms with Crippen LogP contribution >= 0.6 is 19.4 Å². The molecule has 77 heavy (non-hydrogen) atoms. The van der Waals surface area contributed by atoms with Gasteiger partial charge in [-0.3, -0.25) is 18.7 Å². The van der Waals surface area contributed by atoms with Gasteiger partial charge in [0, 0.05) is 34.9 Å². The molecule has 7 rings (SSSR count). The second kappa shape index (κ2) is 21.1. The van der Waals surface area contributed by atoms with Crippen molar-refractivity contribution in [2.75, 3.05) is 30.0 Å². The Hall–Kier alpha value is -5.83. The van der Waals surface area contributed by atoms with Crippen LogP contribution in [0.4, 0.5) is 54.5 Å². The Bertz CT molecular complexity index is 3500. The van der Waals surface area contributed by atoms with E-state index in [2.05, 4.69) is 36.9 Å². The van der Waals surface area contributed by atoms with Gasteiger partial charge < -0.3 is 19.8 Å². The highest BCUT2D eigenvalue weighted by Gasteiger charge is 2.68. The lowest BCUT2D eigenvalue weighted by Crippen LogP contribution is -2.37. The smallest absolute Gasteiger partial charge is 0.448 e. The SMILES string of the molecule is CC(C)(C#Cc1ccc(-c2ccc(Cl)c3c(N(C(=O)OCCCCCOP(=O)(O)O)S(C)(=O)=O)nn(CC(F)(F)F)c23)c([C@H](Cc2cc(F)cc(F)c2)NC(=O)Cn2nc(C(F)(F)F)c3c2C(F)(F)[C@@H]2C[C@H]32)n1)S(C)(=O)=O. The van der Waals surface area contributed by atoms with Crippen molar-refractivity contribution >= 4 is 68.0 Å². The molecule has 2 aliphatic rings. The van der Waals surface area contributed by atoms with Gasteiger partial charge in [0.15, 0.2) is 21.3 Å². The molecule has 1 fully saturated rings. The molecule has 0 saturated heterocycles. The lowest BCUT2D eigenvalue weighted by Gasteiger charge is -2.23. The molecule has 2 aliphatic carbocycles. The molecule has 1 saturated carbocycles. The van der Waals surface area contributed by atoms with Gasteiger partial charge in [-0.25, -0.2) is 40.0 Å². The molecule has 2 aromatic carbocycles. The zero-order valence-corrected chi connectivity index (χ0v) is 43.6. The summed E-state index contributed by atoms with van der Waals surface area (Å²) < 4.78 is 218. The summed E-state index contributed by atoms with van der Waals surface area (Å²) >= 11 is 6.63. The molecule has 3 N–H and O–H groups in total. The van der Waals surface area contributed by atoms with Crippen LogP contribution < -0.4 is 9.62 Å². The van der Waals surface area contributed by atoms with E-state index in [1.54, 1.807) is 0 Å². The van der Waals surface area contributed by atoms with Gasteiger partial charge >= 0.3 is 26.3 Å². The quantitative estimate of drug-likeness (QED) is 0.0323. The molecule has 0 spiro atoms. The number of benzene rings is 2. The summed E-state index contributed by atoms with van der Waals surface area (Å²) in [5.74, 6) is -6.27. The molecule has 2 amide bonds. The lowest BCUT2D eigenvalue weighted by molar-refractivity contribution is -0.143. The zero-order chi connectivity index (χ0) is 57.2. The summed E-state index contributed by atoms with van der Waals surface area (Å²) in [6.45, 7) is -1.88. The second-order valence-electron chi connectivity index (χ2n) is 18.5. The first-order valence-corrected chi connectivity index (χ1v) is 28.2. The molecule has 0 unspecified atom stereocenters. The van der Waals surface area contributed by atoms with Gasteiger partial charge in [-0.2, -0.15) is 49.6 Å². The van der Waals surface area contributed by atoms with Crippen molar-refractivity contribution in [3.8, 4) is 23.0 Å². The molecule has 418 valence electrons. The Morgan fingerprint density at radius 3 is 2.18 bits per heavy atom. The summed E-state index contributed by atoms with van der Waals surface area (Å²) in [5, 5.41) is 8.47. The maximum atomic E-state index is 15.6. The predicted molar refractivity (Wildman–Crippen MR) is 253 cm³/mol. The summed E-state index contributed by atoms with van der Waals surface area (Å²) in [4.78, 5) is 50.1. The Kier molecular flexibility index (Phi) is 16.1. The first-order chi connectivity index (χ1) is 35.4. The minimum Gasteiger partial charge on any atom is -0.448 e. The highest BCUT2D eigenvalue weighted by atomic mass is 35.5. The van der Waals surface area contributed by atoms with E-state index in [1.165, 1.54) is 13.8 Å². The molecule has 3 aromatic heterocycles. The number of nitrogens with one attached hydrogen (secondary N) is 1. The Labute approximate surface area is 436 Å². The molecule has 32 heteroatoms. The van der Waals surface area contributed by atoms with Crippen molar-refractivity contribution in [1.82, 2.24) is 29.9 Å². The summed E-state index contributed by atoms with van der Waals surface area (Å²) in [6.07, 6.45) is -11.7. The van der Waals surface area contributed by atoms with Crippen LogP contribution in [0.15, 0.2) is 42.5 Å². The van der Waals surface area contributed by atoms with Crippen molar-refractivity contribution in [2.45, 2.75) is 94.0 Å². The van der Waals surface area contributed by atoms with Gasteiger partial charge in [0.05, 0.1) is 47.1 Å². The molecule has 0 aliphatic heterocycles. The fourth-order valence-electron chi connectivity index (χ4n) is 8.56. The fourth-order valence-corrected chi connectivity index (χ4v) is 10.2. The molecule has 3 heterocycles. The number of nitrogens with zero attached hydrogens (tertiary/aromatic N) is 6. The molecule has 0 radical (unpaired) electrons. The van der Waals surface area contributed by atoms with Crippen LogP contribution in [0.25, 0.3) is 22.0 Å². The van der Waals surface area contributed by atoms with E-state index in [0.29, 0.717) is 12.3 Å². The standard InChI is InChI=1S/C45H43ClF10N7O11PS2/c1-42(2,76(3,69)70)13-12-26-8-9-27(28-10-11-31(46)35-37(28)62(22-43(49,50)51)60-40(35)63(77(4,71)72)41(65)73-14-6-5-7-15-74-75(66,67)68)36(57-26)32(18-23-16-24(47)19-25(48)17-23)58-33(64)21-61-39-34(38(59-61)45(54,55)56)29-20-30(29)44(39,52)53/h8-11,16-17,19,29-30,32H,5-7,14-15,18,20-22H2,1-4H3,(H,58,64)(H2,66,67,68)/t29-,30+,32-/m0/s1. The van der Waals surface area contributed by atoms with Gasteiger partial charge in [0.1, 0.15) is 40.9 Å². The number of alkyl halides is 8. The first kappa shape index (κ1) is 58.8. The van der Waals surface area contributed by atoms with Gasteiger partial charge in [-0.15, -0.1) is 0 Å². The number of fused-ring (bicyclic) bond motifs is 4. The largest absolute Gasteiger partial charge is 0.469 e. The number of anilines is 1. The number of sulfone groups is 1. The third kappa shape index (κ3) is 13.2. The normalized spacial score (nSPS) is 16.8. The van der Waals surface area contributed by atoms with E-state index in [4.69, 9.17) is 26.1 Å². The number of rotatable bonds is 18. The van der Waals surface area contributed by atoms with E-state index < -0.39 is 175 Å². The molecule has 18 nitrogen and oxygen atoms in total. The van der Waals surface area contributed by atoms with E-state index in [1.807, 2.05) is 0 Å². The maximum Gasteiger partial charge on any atom is 0.469 e. The minimum absolute atomic E-state index is 0.0323. The number of pyridine rings is 1. The Morgan fingerprint density at radius 1 is 0.948 bits per heavy atom. The number of carbonyl (C=O) groups excluding carboxylic acids is 2. The van der Waals surface area contributed by atoms with Crippen LogP contribution in [0.2, 0.25) is 5.02 Å². The van der Waals surface area contributed by atoms with Crippen molar-refractivity contribution in [3.63, 3.8) is 0 Å². The monoisotopic (exact) mass is 1180 g/mol. The van der Waals surface area contributed by atoms with Crippen LogP contribution in [-0.2, 0) is 70.1 Å². The maximum absolute atomic E-state index is 15.6. The first-order valence-electron chi connectivity index (χ1n) is 22.6. The van der Waals surface area contributed by atoms with Crippen molar-refractivity contribution in [3.05, 3.63) is 93.0 Å². The number of hydrogen-bond acceptors (Lipinski definition) is 12. The minimum atomic E-state index is -5.24. The number of amides is 2. The Balaban J connectivity index is 1.41. The van der Waals surface area contributed by atoms with Crippen molar-refractivity contribution in [1.29, 1.82) is 0 Å². The fraction of sp³-hybridized carbons (Fsp3) is 0.444. The molecular formula is C45H43ClF10N7O11PS2. The molecule has 3 atom stereocenters. The average molecular weight is 1180 g/mol. The summed E-state index contributed by atoms with van der Waals surface area (Å²) in [7, 11) is -13.7. The number of phosphoric acid groups is 1. The van der Waals surface area contributed by atoms with E-state index in [9.17, 15) is 66.1 Å². The lowest BCUT2D eigenvalue weighted by atomic mass is 9.93. The van der Waals surface area contributed by atoms with Crippen LogP contribution in [0.5, 0.6) is 0 Å². The van der Waals surface area contributed by atoms with Crippen LogP contribution in [0.3, 0.4) is 0 Å². The van der Waals surface area contributed by atoms with Crippen molar-refractivity contribution in [2.24, 2.45) is 5.92 Å². The summed E-state index contributed by atoms with van der Waals surface area (Å²) in [6, 6.07) is 4.54. The van der Waals surface area contributed by atoms with Gasteiger partial charge in [0.25, 0.3) is 5.92 Å². The van der Waals surface area contributed by atoms with Crippen LogP contribution in [-0.4, -0.2) is 99.8 Å². The van der Waals surface area contributed by atoms with Gasteiger partial charge in [-0.05, 0) is 93.7 Å². The number of carbonyl (C=O) groups is 2. The molecule has 0 bridgehead atoms. The third-order valence-corrected chi connectivity index (χ3v) is 16.0. The number of hydrogen-bond donors (Lipinski definition) is 3. The van der Waals surface area contributed by atoms with E-state index in [0.717, 1.165) is 42.7 Å². The number of sulfonamides is 1. The Morgan fingerprint density at radius 2 is 1.58 bits per heavy atom. The number of ether oxygens (including phenoxy) is 1. The number of phosphoric ester groups is 1. The second-order valence-corrected chi connectivity index (χ2v) is 24.6. The number of unbranched alkanes of at least 4 members (excludes halogenated alkanes) is 2. The number of halogens is 11. The van der Waals surface area contributed by atoms with Gasteiger partial charge in [0.2, 0.25) is 15.9 Å². The average Bonchev–Trinajstić information content (AvgIpc) is 3.79. The van der Waals surface area contributed by atoms with E-state index in [-0.39, 0.29) is 56.2 Å². The zero-order valence-electron chi connectivity index (χ0n) is 40.3. The molecule has 5 aromatic rings. The van der Waals surface area contributed by atoms with Crippen LogP contribution in [0, 0.1) is 29.4 Å². The van der Waals surface area contributed by atoms with Gasteiger partial charge in [-0.1, -0.05) is 23.6 Å². The topological polar surface area (TPSA) is 242 Å². The highest BCUT2D eigenvalue weighted by molar-refractivity contribution is 7.93. The van der Waals surface area contributed by atoms with E-state index >= 15 is 8.78 Å². The number of aromatic nitrogens is 5. The summed E-state index contributed by atoms with van der Waals surface area (Å²) in [5.41, 5.74) is -6.19. The molecular weight excluding hydrogens is 1140 g/mol. The van der Waals surface area contributed by atoms with Crippen molar-refractivity contribution < 1.29 is 93.9 Å². The highest BCUT2D eigenvalue weighted by Crippen LogP contribution is 2.68.